The maximum atomic E-state index is 12.8. The van der Waals surface area contributed by atoms with Gasteiger partial charge in [-0.1, -0.05) is 24.8 Å². The number of hydrogen-bond acceptors (Lipinski definition) is 4. The Balaban J connectivity index is 1.66. The van der Waals surface area contributed by atoms with Crippen molar-refractivity contribution < 1.29 is 18.7 Å². The van der Waals surface area contributed by atoms with Gasteiger partial charge in [-0.05, 0) is 12.1 Å². The van der Waals surface area contributed by atoms with Gasteiger partial charge in [-0.2, -0.15) is 5.10 Å². The molecule has 23 heavy (non-hydrogen) atoms. The van der Waals surface area contributed by atoms with Crippen LogP contribution in [0.15, 0.2) is 55.1 Å². The number of benzene rings is 1. The van der Waals surface area contributed by atoms with Crippen molar-refractivity contribution in [3.8, 4) is 11.4 Å². The van der Waals surface area contributed by atoms with Crippen molar-refractivity contribution in [3.05, 3.63) is 55.1 Å². The number of amides is 1. The van der Waals surface area contributed by atoms with Crippen molar-refractivity contribution in [2.45, 2.75) is 12.1 Å². The molecule has 0 aliphatic carbocycles. The van der Waals surface area contributed by atoms with Gasteiger partial charge in [0, 0.05) is 0 Å². The van der Waals surface area contributed by atoms with Gasteiger partial charge in [-0.3, -0.25) is 4.79 Å². The predicted octanol–water partition coefficient (Wildman–Crippen LogP) is 1.62. The van der Waals surface area contributed by atoms with E-state index in [9.17, 15) is 9.18 Å². The number of ether oxygens (including phenoxy) is 2. The number of para-hydroxylation sites is 1. The lowest BCUT2D eigenvalue weighted by Crippen LogP contribution is -2.45. The predicted molar refractivity (Wildman–Crippen MR) is 81.0 cm³/mol. The van der Waals surface area contributed by atoms with E-state index in [0.29, 0.717) is 12.4 Å². The highest BCUT2D eigenvalue weighted by atomic mass is 19.1. The minimum absolute atomic E-state index is 0.260. The fourth-order valence-electron chi connectivity index (χ4n) is 2.30. The highest BCUT2D eigenvalue weighted by Gasteiger charge is 2.32. The van der Waals surface area contributed by atoms with Gasteiger partial charge < -0.3 is 14.8 Å². The normalized spacial score (nSPS) is 20.2. The van der Waals surface area contributed by atoms with Crippen molar-refractivity contribution in [1.29, 1.82) is 0 Å². The Bertz CT molecular complexity index is 702. The van der Waals surface area contributed by atoms with E-state index in [2.05, 4.69) is 17.0 Å². The molecule has 3 rings (SSSR count). The summed E-state index contributed by atoms with van der Waals surface area (Å²) in [5.74, 6) is -1.34. The molecule has 1 aliphatic heterocycles. The van der Waals surface area contributed by atoms with Crippen LogP contribution in [0.4, 0.5) is 4.39 Å². The number of carbonyl (C=O) groups is 1. The molecule has 120 valence electrons. The Labute approximate surface area is 132 Å². The SMILES string of the molecule is C=C(F)C(=O)N[C@@H]1COC[C@@H]1Oc1cnn(-c2ccccc2)c1. The standard InChI is InChI=1S/C16H16FN3O3/c1-11(17)16(21)19-14-9-22-10-15(14)23-13-7-18-20(8-13)12-5-3-2-4-6-12/h2-8,14-15H,1,9-10H2,(H,19,21)/t14-,15+/m1/s1. The molecule has 0 bridgehead atoms. The minimum Gasteiger partial charge on any atom is -0.482 e. The van der Waals surface area contributed by atoms with Crippen molar-refractivity contribution in [3.63, 3.8) is 0 Å². The number of halogens is 1. The second-order valence-corrected chi connectivity index (χ2v) is 5.13. The Morgan fingerprint density at radius 1 is 1.39 bits per heavy atom. The van der Waals surface area contributed by atoms with Gasteiger partial charge >= 0.3 is 0 Å². The molecule has 0 spiro atoms. The molecule has 2 heterocycles. The molecule has 1 aromatic heterocycles. The lowest BCUT2D eigenvalue weighted by Gasteiger charge is -2.19. The number of carbonyl (C=O) groups excluding carboxylic acids is 1. The van der Waals surface area contributed by atoms with Gasteiger partial charge in [0.2, 0.25) is 0 Å². The molecule has 1 fully saturated rings. The molecule has 0 radical (unpaired) electrons. The van der Waals surface area contributed by atoms with E-state index in [1.807, 2.05) is 30.3 Å². The average molecular weight is 317 g/mol. The maximum Gasteiger partial charge on any atom is 0.279 e. The third kappa shape index (κ3) is 3.57. The Morgan fingerprint density at radius 3 is 2.91 bits per heavy atom. The van der Waals surface area contributed by atoms with Crippen LogP contribution in [0, 0.1) is 0 Å². The summed E-state index contributed by atoms with van der Waals surface area (Å²) in [6.45, 7) is 3.54. The van der Waals surface area contributed by atoms with E-state index < -0.39 is 23.9 Å². The molecule has 1 N–H and O–H groups in total. The number of nitrogens with one attached hydrogen (secondary N) is 1. The molecule has 2 aromatic rings. The van der Waals surface area contributed by atoms with Gasteiger partial charge in [0.1, 0.15) is 6.10 Å². The Kier molecular flexibility index (Phi) is 4.38. The number of hydrogen-bond donors (Lipinski definition) is 1. The largest absolute Gasteiger partial charge is 0.482 e. The van der Waals surface area contributed by atoms with E-state index in [1.54, 1.807) is 17.1 Å². The summed E-state index contributed by atoms with van der Waals surface area (Å²) in [4.78, 5) is 11.4. The minimum atomic E-state index is -1.03. The molecule has 6 nitrogen and oxygen atoms in total. The van der Waals surface area contributed by atoms with Crippen LogP contribution in [-0.2, 0) is 9.53 Å². The zero-order valence-electron chi connectivity index (χ0n) is 12.3. The Hall–Kier alpha value is -2.67. The number of rotatable bonds is 5. The summed E-state index contributed by atoms with van der Waals surface area (Å²) < 4.78 is 25.6. The van der Waals surface area contributed by atoms with Crippen molar-refractivity contribution >= 4 is 5.91 Å². The van der Waals surface area contributed by atoms with E-state index in [4.69, 9.17) is 9.47 Å². The third-order valence-corrected chi connectivity index (χ3v) is 3.46. The summed E-state index contributed by atoms with van der Waals surface area (Å²) in [6, 6.07) is 9.16. The van der Waals surface area contributed by atoms with Gasteiger partial charge in [0.25, 0.3) is 5.91 Å². The quantitative estimate of drug-likeness (QED) is 0.851. The fraction of sp³-hybridized carbons (Fsp3) is 0.250. The first kappa shape index (κ1) is 15.2. The van der Waals surface area contributed by atoms with Crippen LogP contribution in [-0.4, -0.2) is 41.0 Å². The van der Waals surface area contributed by atoms with Gasteiger partial charge in [0.05, 0.1) is 37.3 Å². The topological polar surface area (TPSA) is 65.4 Å². The van der Waals surface area contributed by atoms with Crippen molar-refractivity contribution in [2.24, 2.45) is 0 Å². The fourth-order valence-corrected chi connectivity index (χ4v) is 2.30. The molecular formula is C16H16FN3O3. The zero-order chi connectivity index (χ0) is 16.2. The van der Waals surface area contributed by atoms with Crippen molar-refractivity contribution in [1.82, 2.24) is 15.1 Å². The van der Waals surface area contributed by atoms with Crippen LogP contribution >= 0.6 is 0 Å². The monoisotopic (exact) mass is 317 g/mol. The lowest BCUT2D eigenvalue weighted by atomic mass is 10.2. The van der Waals surface area contributed by atoms with Crippen LogP contribution in [0.5, 0.6) is 5.75 Å². The second-order valence-electron chi connectivity index (χ2n) is 5.13. The second kappa shape index (κ2) is 6.62. The van der Waals surface area contributed by atoms with Gasteiger partial charge in [0.15, 0.2) is 11.6 Å². The van der Waals surface area contributed by atoms with E-state index in [-0.39, 0.29) is 6.61 Å². The first-order chi connectivity index (χ1) is 11.1. The van der Waals surface area contributed by atoms with Crippen molar-refractivity contribution in [2.75, 3.05) is 13.2 Å². The number of nitrogens with zero attached hydrogens (tertiary/aromatic N) is 2. The van der Waals surface area contributed by atoms with E-state index in [0.717, 1.165) is 5.69 Å². The lowest BCUT2D eigenvalue weighted by molar-refractivity contribution is -0.120. The summed E-state index contributed by atoms with van der Waals surface area (Å²) in [5.41, 5.74) is 0.906. The smallest absolute Gasteiger partial charge is 0.279 e. The Morgan fingerprint density at radius 2 is 2.17 bits per heavy atom. The van der Waals surface area contributed by atoms with Crippen LogP contribution in [0.3, 0.4) is 0 Å². The van der Waals surface area contributed by atoms with Crippen LogP contribution in [0.2, 0.25) is 0 Å². The maximum absolute atomic E-state index is 12.8. The highest BCUT2D eigenvalue weighted by Crippen LogP contribution is 2.18. The summed E-state index contributed by atoms with van der Waals surface area (Å²) in [5, 5.41) is 6.73. The zero-order valence-corrected chi connectivity index (χ0v) is 12.3. The first-order valence-corrected chi connectivity index (χ1v) is 7.13. The molecule has 7 heteroatoms. The van der Waals surface area contributed by atoms with Gasteiger partial charge in [-0.15, -0.1) is 0 Å². The molecule has 0 saturated carbocycles. The van der Waals surface area contributed by atoms with Crippen LogP contribution in [0.25, 0.3) is 5.69 Å². The van der Waals surface area contributed by atoms with Crippen LogP contribution < -0.4 is 10.1 Å². The molecular weight excluding hydrogens is 301 g/mol. The molecule has 1 aromatic carbocycles. The molecule has 0 unspecified atom stereocenters. The first-order valence-electron chi connectivity index (χ1n) is 7.13. The average Bonchev–Trinajstić information content (AvgIpc) is 3.19. The van der Waals surface area contributed by atoms with E-state index >= 15 is 0 Å². The number of aromatic nitrogens is 2. The molecule has 1 saturated heterocycles. The van der Waals surface area contributed by atoms with E-state index in [1.165, 1.54) is 0 Å². The molecule has 1 aliphatic rings. The van der Waals surface area contributed by atoms with Gasteiger partial charge in [-0.25, -0.2) is 9.07 Å². The molecule has 2 atom stereocenters. The summed E-state index contributed by atoms with van der Waals surface area (Å²) >= 11 is 0. The molecule has 1 amide bonds. The van der Waals surface area contributed by atoms with Crippen LogP contribution in [0.1, 0.15) is 0 Å². The highest BCUT2D eigenvalue weighted by molar-refractivity contribution is 5.90. The summed E-state index contributed by atoms with van der Waals surface area (Å²) in [7, 11) is 0. The third-order valence-electron chi connectivity index (χ3n) is 3.46. The summed E-state index contributed by atoms with van der Waals surface area (Å²) in [6.07, 6.45) is 2.91.